The van der Waals surface area contributed by atoms with Gasteiger partial charge in [-0.25, -0.2) is 0 Å². The quantitative estimate of drug-likeness (QED) is 0.700. The van der Waals surface area contributed by atoms with Crippen LogP contribution < -0.4 is 5.32 Å². The summed E-state index contributed by atoms with van der Waals surface area (Å²) >= 11 is 0. The fourth-order valence-electron chi connectivity index (χ4n) is 1.45. The molecule has 5 nitrogen and oxygen atoms in total. The van der Waals surface area contributed by atoms with Crippen LogP contribution in [0.2, 0.25) is 0 Å². The van der Waals surface area contributed by atoms with Crippen LogP contribution in [0.1, 0.15) is 27.7 Å². The first kappa shape index (κ1) is 15.9. The van der Waals surface area contributed by atoms with Crippen molar-refractivity contribution in [3.05, 3.63) is 0 Å². The maximum atomic E-state index is 11.9. The summed E-state index contributed by atoms with van der Waals surface area (Å²) in [6.07, 6.45) is 0. The lowest BCUT2D eigenvalue weighted by Gasteiger charge is -2.24. The first-order valence-electron chi connectivity index (χ1n) is 6.23. The Bertz CT molecular complexity index is 252. The van der Waals surface area contributed by atoms with Crippen molar-refractivity contribution in [3.8, 4) is 0 Å². The van der Waals surface area contributed by atoms with Crippen LogP contribution in [0, 0.1) is 0 Å². The molecule has 0 rings (SSSR count). The van der Waals surface area contributed by atoms with Crippen molar-refractivity contribution in [2.24, 2.45) is 0 Å². The molecule has 2 amide bonds. The topological polar surface area (TPSA) is 52.7 Å². The molecule has 1 unspecified atom stereocenters. The van der Waals surface area contributed by atoms with E-state index < -0.39 is 0 Å². The third-order valence-corrected chi connectivity index (χ3v) is 2.91. The largest absolute Gasteiger partial charge is 0.345 e. The van der Waals surface area contributed by atoms with Gasteiger partial charge in [-0.3, -0.25) is 14.9 Å². The maximum absolute atomic E-state index is 11.9. The van der Waals surface area contributed by atoms with Crippen LogP contribution in [-0.4, -0.2) is 60.9 Å². The van der Waals surface area contributed by atoms with Gasteiger partial charge in [-0.15, -0.1) is 0 Å². The molecule has 0 fully saturated rings. The molecule has 0 radical (unpaired) electrons. The molecule has 0 bridgehead atoms. The third-order valence-electron chi connectivity index (χ3n) is 2.91. The fourth-order valence-corrected chi connectivity index (χ4v) is 1.45. The van der Waals surface area contributed by atoms with Crippen molar-refractivity contribution in [2.45, 2.75) is 33.7 Å². The second kappa shape index (κ2) is 8.06. The molecule has 0 heterocycles. The average Bonchev–Trinajstić information content (AvgIpc) is 2.35. The molecule has 0 saturated heterocycles. The smallest absolute Gasteiger partial charge is 0.239 e. The zero-order valence-electron chi connectivity index (χ0n) is 11.6. The SMILES string of the molecule is CCN(C)C(=O)CNC(C)C(=O)N(CC)CC. The molecule has 0 spiro atoms. The van der Waals surface area contributed by atoms with Gasteiger partial charge in [-0.1, -0.05) is 0 Å². The van der Waals surface area contributed by atoms with E-state index >= 15 is 0 Å². The second-order valence-electron chi connectivity index (χ2n) is 4.02. The Hall–Kier alpha value is -1.10. The third kappa shape index (κ3) is 5.17. The molecular weight excluding hydrogens is 218 g/mol. The van der Waals surface area contributed by atoms with Gasteiger partial charge >= 0.3 is 0 Å². The number of nitrogens with zero attached hydrogens (tertiary/aromatic N) is 2. The first-order valence-corrected chi connectivity index (χ1v) is 6.23. The lowest BCUT2D eigenvalue weighted by atomic mass is 10.2. The van der Waals surface area contributed by atoms with E-state index in [9.17, 15) is 9.59 Å². The van der Waals surface area contributed by atoms with Crippen molar-refractivity contribution in [2.75, 3.05) is 33.2 Å². The minimum Gasteiger partial charge on any atom is -0.345 e. The molecular formula is C12H25N3O2. The van der Waals surface area contributed by atoms with E-state index in [1.54, 1.807) is 23.8 Å². The Balaban J connectivity index is 4.13. The first-order chi connectivity index (χ1) is 7.97. The number of hydrogen-bond acceptors (Lipinski definition) is 3. The standard InChI is InChI=1S/C12H25N3O2/c1-6-14(5)11(16)9-13-10(4)12(17)15(7-2)8-3/h10,13H,6-9H2,1-5H3. The van der Waals surface area contributed by atoms with E-state index in [0.29, 0.717) is 19.6 Å². The molecule has 1 atom stereocenters. The van der Waals surface area contributed by atoms with Gasteiger partial charge in [-0.2, -0.15) is 0 Å². The number of nitrogens with one attached hydrogen (secondary N) is 1. The number of rotatable bonds is 7. The van der Waals surface area contributed by atoms with Crippen LogP contribution in [0.15, 0.2) is 0 Å². The molecule has 100 valence electrons. The fraction of sp³-hybridized carbons (Fsp3) is 0.833. The Kier molecular flexibility index (Phi) is 7.54. The summed E-state index contributed by atoms with van der Waals surface area (Å²) < 4.78 is 0. The average molecular weight is 243 g/mol. The summed E-state index contributed by atoms with van der Waals surface area (Å²) in [6.45, 7) is 9.89. The van der Waals surface area contributed by atoms with Gasteiger partial charge in [-0.05, 0) is 27.7 Å². The highest BCUT2D eigenvalue weighted by Crippen LogP contribution is 1.95. The second-order valence-corrected chi connectivity index (χ2v) is 4.02. The van der Waals surface area contributed by atoms with Gasteiger partial charge < -0.3 is 9.80 Å². The van der Waals surface area contributed by atoms with Gasteiger partial charge in [0.25, 0.3) is 0 Å². The van der Waals surface area contributed by atoms with Crippen molar-refractivity contribution < 1.29 is 9.59 Å². The van der Waals surface area contributed by atoms with Crippen LogP contribution in [0.5, 0.6) is 0 Å². The Morgan fingerprint density at radius 2 is 1.65 bits per heavy atom. The van der Waals surface area contributed by atoms with Crippen LogP contribution in [-0.2, 0) is 9.59 Å². The number of carbonyl (C=O) groups excluding carboxylic acids is 2. The summed E-state index contributed by atoms with van der Waals surface area (Å²) in [6, 6.07) is -0.316. The number of carbonyl (C=O) groups is 2. The van der Waals surface area contributed by atoms with Crippen molar-refractivity contribution in [1.29, 1.82) is 0 Å². The number of likely N-dealkylation sites (N-methyl/N-ethyl adjacent to an activating group) is 2. The molecule has 17 heavy (non-hydrogen) atoms. The summed E-state index contributed by atoms with van der Waals surface area (Å²) in [5, 5.41) is 2.96. The summed E-state index contributed by atoms with van der Waals surface area (Å²) in [5.41, 5.74) is 0. The Morgan fingerprint density at radius 1 is 1.12 bits per heavy atom. The van der Waals surface area contributed by atoms with Crippen LogP contribution >= 0.6 is 0 Å². The van der Waals surface area contributed by atoms with Crippen LogP contribution in [0.3, 0.4) is 0 Å². The summed E-state index contributed by atoms with van der Waals surface area (Å²) in [5.74, 6) is 0.0497. The molecule has 0 saturated carbocycles. The normalized spacial score (nSPS) is 12.1. The summed E-state index contributed by atoms with van der Waals surface area (Å²) in [4.78, 5) is 26.8. The predicted octanol–water partition coefficient (Wildman–Crippen LogP) is 0.311. The Morgan fingerprint density at radius 3 is 2.06 bits per heavy atom. The van der Waals surface area contributed by atoms with E-state index in [0.717, 1.165) is 0 Å². The van der Waals surface area contributed by atoms with Crippen LogP contribution in [0.4, 0.5) is 0 Å². The molecule has 0 aliphatic carbocycles. The van der Waals surface area contributed by atoms with E-state index in [2.05, 4.69) is 5.32 Å². The Labute approximate surface area is 104 Å². The zero-order chi connectivity index (χ0) is 13.4. The minimum atomic E-state index is -0.316. The highest BCUT2D eigenvalue weighted by molar-refractivity contribution is 5.83. The van der Waals surface area contributed by atoms with Gasteiger partial charge in [0.05, 0.1) is 12.6 Å². The predicted molar refractivity (Wildman–Crippen MR) is 68.7 cm³/mol. The summed E-state index contributed by atoms with van der Waals surface area (Å²) in [7, 11) is 1.75. The minimum absolute atomic E-state index is 0.00620. The van der Waals surface area contributed by atoms with Gasteiger partial charge in [0, 0.05) is 26.7 Å². The monoisotopic (exact) mass is 243 g/mol. The van der Waals surface area contributed by atoms with E-state index in [1.165, 1.54) is 0 Å². The molecule has 0 aromatic rings. The zero-order valence-corrected chi connectivity index (χ0v) is 11.6. The van der Waals surface area contributed by atoms with E-state index in [1.807, 2.05) is 20.8 Å². The number of hydrogen-bond donors (Lipinski definition) is 1. The van der Waals surface area contributed by atoms with Gasteiger partial charge in [0.15, 0.2) is 0 Å². The van der Waals surface area contributed by atoms with Crippen molar-refractivity contribution in [3.63, 3.8) is 0 Å². The molecule has 5 heteroatoms. The molecule has 0 aliphatic heterocycles. The van der Waals surface area contributed by atoms with E-state index in [4.69, 9.17) is 0 Å². The lowest BCUT2D eigenvalue weighted by molar-refractivity contribution is -0.133. The van der Waals surface area contributed by atoms with Crippen LogP contribution in [0.25, 0.3) is 0 Å². The molecule has 1 N–H and O–H groups in total. The van der Waals surface area contributed by atoms with Crippen molar-refractivity contribution in [1.82, 2.24) is 15.1 Å². The lowest BCUT2D eigenvalue weighted by Crippen LogP contribution is -2.47. The highest BCUT2D eigenvalue weighted by Gasteiger charge is 2.18. The van der Waals surface area contributed by atoms with Gasteiger partial charge in [0.2, 0.25) is 11.8 Å². The highest BCUT2D eigenvalue weighted by atomic mass is 16.2. The maximum Gasteiger partial charge on any atom is 0.239 e. The van der Waals surface area contributed by atoms with E-state index in [-0.39, 0.29) is 24.4 Å². The molecule has 0 aromatic carbocycles. The molecule has 0 aromatic heterocycles. The molecule has 0 aliphatic rings. The van der Waals surface area contributed by atoms with Crippen molar-refractivity contribution >= 4 is 11.8 Å². The van der Waals surface area contributed by atoms with Gasteiger partial charge in [0.1, 0.15) is 0 Å². The number of amides is 2.